The van der Waals surface area contributed by atoms with Crippen LogP contribution in [0.15, 0.2) is 16.7 Å². The summed E-state index contributed by atoms with van der Waals surface area (Å²) in [6.07, 6.45) is 1.76. The Morgan fingerprint density at radius 2 is 2.20 bits per heavy atom. The zero-order valence-electron chi connectivity index (χ0n) is 12.0. The van der Waals surface area contributed by atoms with Crippen LogP contribution in [0.4, 0.5) is 5.82 Å². The monoisotopic (exact) mass is 343 g/mol. The normalized spacial score (nSPS) is 19.6. The number of ether oxygens (including phenoxy) is 1. The summed E-state index contributed by atoms with van der Waals surface area (Å²) in [5, 5.41) is 13.7. The van der Waals surface area contributed by atoms with E-state index in [4.69, 9.17) is 4.74 Å². The third-order valence-electron chi connectivity index (χ3n) is 3.35. The molecule has 5 nitrogen and oxygen atoms in total. The Balaban J connectivity index is 1.87. The third-order valence-corrected chi connectivity index (χ3v) is 3.78. The number of anilines is 1. The minimum atomic E-state index is -0.793. The molecule has 2 N–H and O–H groups in total. The number of pyridine rings is 1. The number of aromatic nitrogens is 1. The van der Waals surface area contributed by atoms with Gasteiger partial charge < -0.3 is 15.2 Å². The fourth-order valence-electron chi connectivity index (χ4n) is 2.30. The van der Waals surface area contributed by atoms with Crippen molar-refractivity contribution in [1.29, 1.82) is 0 Å². The molecule has 1 fully saturated rings. The van der Waals surface area contributed by atoms with Crippen LogP contribution in [0.3, 0.4) is 0 Å². The minimum absolute atomic E-state index is 0.472. The lowest BCUT2D eigenvalue weighted by molar-refractivity contribution is -0.0164. The van der Waals surface area contributed by atoms with E-state index in [1.165, 1.54) is 0 Å². The predicted molar refractivity (Wildman–Crippen MR) is 83.0 cm³/mol. The molecule has 2 heterocycles. The van der Waals surface area contributed by atoms with Crippen molar-refractivity contribution in [3.63, 3.8) is 0 Å². The van der Waals surface area contributed by atoms with Crippen molar-refractivity contribution in [1.82, 2.24) is 9.88 Å². The van der Waals surface area contributed by atoms with Crippen LogP contribution < -0.4 is 5.32 Å². The highest BCUT2D eigenvalue weighted by molar-refractivity contribution is 9.10. The van der Waals surface area contributed by atoms with E-state index in [1.54, 1.807) is 6.20 Å². The number of halogens is 1. The number of rotatable bonds is 5. The molecule has 2 rings (SSSR count). The van der Waals surface area contributed by atoms with Gasteiger partial charge in [0.2, 0.25) is 0 Å². The van der Waals surface area contributed by atoms with Crippen LogP contribution >= 0.6 is 15.9 Å². The van der Waals surface area contributed by atoms with Gasteiger partial charge >= 0.3 is 0 Å². The molecule has 0 spiro atoms. The van der Waals surface area contributed by atoms with Crippen LogP contribution in [0.5, 0.6) is 0 Å². The number of β-amino-alcohol motifs (C(OH)–C–C–N with tert-alkyl or cyclic N) is 1. The summed E-state index contributed by atoms with van der Waals surface area (Å²) in [6, 6.07) is 2.01. The maximum absolute atomic E-state index is 10.5. The second kappa shape index (κ2) is 6.85. The van der Waals surface area contributed by atoms with Gasteiger partial charge in [-0.15, -0.1) is 0 Å². The summed E-state index contributed by atoms with van der Waals surface area (Å²) in [5.41, 5.74) is 0.264. The average Bonchev–Trinajstić information content (AvgIpc) is 2.38. The molecule has 112 valence electrons. The molecule has 1 aromatic rings. The molecular weight excluding hydrogens is 322 g/mol. The van der Waals surface area contributed by atoms with Crippen LogP contribution in [-0.2, 0) is 4.74 Å². The first kappa shape index (κ1) is 15.7. The minimum Gasteiger partial charge on any atom is -0.387 e. The highest BCUT2D eigenvalue weighted by atomic mass is 79.9. The molecule has 20 heavy (non-hydrogen) atoms. The van der Waals surface area contributed by atoms with E-state index in [0.717, 1.165) is 42.2 Å². The summed E-state index contributed by atoms with van der Waals surface area (Å²) in [7, 11) is 0. The molecule has 0 amide bonds. The van der Waals surface area contributed by atoms with Gasteiger partial charge in [0.15, 0.2) is 0 Å². The predicted octanol–water partition coefficient (Wildman–Crippen LogP) is 1.65. The average molecular weight is 344 g/mol. The molecule has 0 saturated carbocycles. The molecule has 0 aliphatic carbocycles. The Kier molecular flexibility index (Phi) is 5.37. The van der Waals surface area contributed by atoms with Gasteiger partial charge in [-0.2, -0.15) is 0 Å². The van der Waals surface area contributed by atoms with E-state index in [2.05, 4.69) is 31.1 Å². The summed E-state index contributed by atoms with van der Waals surface area (Å²) < 4.78 is 6.28. The first-order valence-electron chi connectivity index (χ1n) is 6.85. The second-order valence-electron chi connectivity index (χ2n) is 5.56. The van der Waals surface area contributed by atoms with Crippen LogP contribution in [0.2, 0.25) is 0 Å². The number of morpholine rings is 1. The molecular formula is C14H22BrN3O2. The zero-order chi connectivity index (χ0) is 14.6. The molecule has 0 bridgehead atoms. The van der Waals surface area contributed by atoms with Crippen LogP contribution in [0, 0.1) is 6.92 Å². The lowest BCUT2D eigenvalue weighted by atomic mass is 10.1. The summed E-state index contributed by atoms with van der Waals surface area (Å²) >= 11 is 3.39. The molecule has 1 atom stereocenters. The second-order valence-corrected chi connectivity index (χ2v) is 6.47. The van der Waals surface area contributed by atoms with Gasteiger partial charge in [-0.25, -0.2) is 4.98 Å². The van der Waals surface area contributed by atoms with Crippen LogP contribution in [-0.4, -0.2) is 60.0 Å². The number of nitrogens with zero attached hydrogens (tertiary/aromatic N) is 2. The van der Waals surface area contributed by atoms with E-state index < -0.39 is 5.60 Å². The molecule has 0 radical (unpaired) electrons. The van der Waals surface area contributed by atoms with E-state index >= 15 is 0 Å². The topological polar surface area (TPSA) is 57.6 Å². The largest absolute Gasteiger partial charge is 0.387 e. The molecule has 1 aliphatic rings. The number of hydrogen-bond donors (Lipinski definition) is 2. The molecule has 6 heteroatoms. The lowest BCUT2D eigenvalue weighted by Gasteiger charge is -2.34. The molecule has 0 unspecified atom stereocenters. The lowest BCUT2D eigenvalue weighted by Crippen LogP contribution is -2.49. The van der Waals surface area contributed by atoms with E-state index in [0.29, 0.717) is 13.1 Å². The number of aryl methyl sites for hydroxylation is 1. The van der Waals surface area contributed by atoms with Crippen LogP contribution in [0.1, 0.15) is 12.5 Å². The molecule has 1 aliphatic heterocycles. The smallest absolute Gasteiger partial charge is 0.129 e. The number of aliphatic hydroxyl groups is 1. The van der Waals surface area contributed by atoms with Gasteiger partial charge in [0.1, 0.15) is 5.82 Å². The van der Waals surface area contributed by atoms with E-state index in [9.17, 15) is 5.11 Å². The number of hydrogen-bond acceptors (Lipinski definition) is 5. The Morgan fingerprint density at radius 1 is 1.50 bits per heavy atom. The Bertz CT molecular complexity index is 448. The summed E-state index contributed by atoms with van der Waals surface area (Å²) in [6.45, 7) is 8.21. The van der Waals surface area contributed by atoms with Crippen molar-refractivity contribution in [2.75, 3.05) is 44.7 Å². The van der Waals surface area contributed by atoms with Crippen molar-refractivity contribution in [3.8, 4) is 0 Å². The fraction of sp³-hybridized carbons (Fsp3) is 0.643. The highest BCUT2D eigenvalue weighted by Crippen LogP contribution is 2.18. The molecule has 1 saturated heterocycles. The Morgan fingerprint density at radius 3 is 2.85 bits per heavy atom. The molecule has 0 aromatic carbocycles. The van der Waals surface area contributed by atoms with Crippen molar-refractivity contribution >= 4 is 21.7 Å². The summed E-state index contributed by atoms with van der Waals surface area (Å²) in [5.74, 6) is 0.815. The highest BCUT2D eigenvalue weighted by Gasteiger charge is 2.25. The fourth-order valence-corrected chi connectivity index (χ4v) is 2.74. The standard InChI is InChI=1S/C14H22BrN3O2/c1-11-7-12(15)8-16-13(11)17-9-14(2,19)10-18-3-5-20-6-4-18/h7-8,19H,3-6,9-10H2,1-2H3,(H,16,17)/t14-/m0/s1. The van der Waals surface area contributed by atoms with Crippen molar-refractivity contribution in [3.05, 3.63) is 22.3 Å². The van der Waals surface area contributed by atoms with Crippen molar-refractivity contribution in [2.45, 2.75) is 19.4 Å². The first-order valence-corrected chi connectivity index (χ1v) is 7.64. The van der Waals surface area contributed by atoms with Gasteiger partial charge in [0.05, 0.1) is 18.8 Å². The van der Waals surface area contributed by atoms with Crippen molar-refractivity contribution < 1.29 is 9.84 Å². The van der Waals surface area contributed by atoms with Gasteiger partial charge in [-0.3, -0.25) is 4.90 Å². The van der Waals surface area contributed by atoms with Crippen molar-refractivity contribution in [2.24, 2.45) is 0 Å². The molecule has 1 aromatic heterocycles. The van der Waals surface area contributed by atoms with E-state index in [1.807, 2.05) is 19.9 Å². The Hall–Kier alpha value is -0.690. The number of nitrogens with one attached hydrogen (secondary N) is 1. The maximum Gasteiger partial charge on any atom is 0.129 e. The van der Waals surface area contributed by atoms with Gasteiger partial charge in [-0.1, -0.05) is 0 Å². The van der Waals surface area contributed by atoms with Crippen LogP contribution in [0.25, 0.3) is 0 Å². The maximum atomic E-state index is 10.5. The summed E-state index contributed by atoms with van der Waals surface area (Å²) in [4.78, 5) is 6.55. The Labute approximate surface area is 128 Å². The first-order chi connectivity index (χ1) is 9.46. The van der Waals surface area contributed by atoms with Gasteiger partial charge in [0.25, 0.3) is 0 Å². The quantitative estimate of drug-likeness (QED) is 0.851. The third kappa shape index (κ3) is 4.70. The van der Waals surface area contributed by atoms with Gasteiger partial charge in [0, 0.05) is 36.8 Å². The van der Waals surface area contributed by atoms with E-state index in [-0.39, 0.29) is 0 Å². The SMILES string of the molecule is Cc1cc(Br)cnc1NC[C@](C)(O)CN1CCOCC1. The van der Waals surface area contributed by atoms with Gasteiger partial charge in [-0.05, 0) is 41.4 Å². The zero-order valence-corrected chi connectivity index (χ0v) is 13.6.